The number of hydrogen-bond donors (Lipinski definition) is 1. The molecule has 0 radical (unpaired) electrons. The Hall–Kier alpha value is -2.29. The number of ether oxygens (including phenoxy) is 1. The number of nitrogens with one attached hydrogen (secondary N) is 1. The van der Waals surface area contributed by atoms with Crippen LogP contribution in [-0.4, -0.2) is 60.1 Å². The second-order valence-electron chi connectivity index (χ2n) is 7.16. The van der Waals surface area contributed by atoms with Crippen LogP contribution < -0.4 is 5.32 Å². The average Bonchev–Trinajstić information content (AvgIpc) is 3.15. The molecule has 0 bridgehead atoms. The topological polar surface area (TPSA) is 74.2 Å². The molecule has 3 aliphatic heterocycles. The summed E-state index contributed by atoms with van der Waals surface area (Å²) in [6.07, 6.45) is 0.229. The number of benzene rings is 1. The molecule has 3 heterocycles. The molecule has 1 aromatic carbocycles. The van der Waals surface area contributed by atoms with Gasteiger partial charge in [0.1, 0.15) is 0 Å². The molecule has 1 saturated heterocycles. The molecule has 30 heavy (non-hydrogen) atoms. The molecule has 7 nitrogen and oxygen atoms in total. The molecular formula is C21H23ClN4O3S. The molecule has 2 amide bonds. The van der Waals surface area contributed by atoms with E-state index in [0.717, 1.165) is 16.4 Å². The van der Waals surface area contributed by atoms with Crippen molar-refractivity contribution < 1.29 is 14.3 Å². The lowest BCUT2D eigenvalue weighted by Crippen LogP contribution is -2.43. The number of rotatable bonds is 4. The van der Waals surface area contributed by atoms with E-state index in [9.17, 15) is 9.59 Å². The zero-order valence-electron chi connectivity index (χ0n) is 16.9. The number of halogens is 1. The standard InChI is InChI=1S/C21H23ClN4O3S/c1-13-18(20(28)23-2)19(15-5-3-4-6-16(15)22)26-14(12-30-21(26)24-13)11-17(27)25-7-9-29-10-8-25/h3-6,12,19H,7-11H2,1-2H3,(H,23,28). The van der Waals surface area contributed by atoms with E-state index in [1.807, 2.05) is 46.4 Å². The second kappa shape index (κ2) is 8.83. The first-order valence-electron chi connectivity index (χ1n) is 9.77. The van der Waals surface area contributed by atoms with Crippen LogP contribution in [0.25, 0.3) is 0 Å². The summed E-state index contributed by atoms with van der Waals surface area (Å²) in [7, 11) is 1.60. The number of carbonyl (C=O) groups is 2. The predicted molar refractivity (Wildman–Crippen MR) is 118 cm³/mol. The molecule has 4 rings (SSSR count). The Bertz CT molecular complexity index is 969. The van der Waals surface area contributed by atoms with Gasteiger partial charge in [-0.15, -0.1) is 0 Å². The first kappa shape index (κ1) is 21.0. The molecular weight excluding hydrogens is 424 g/mol. The van der Waals surface area contributed by atoms with E-state index < -0.39 is 6.04 Å². The third kappa shape index (κ3) is 3.87. The smallest absolute Gasteiger partial charge is 0.251 e. The molecule has 1 N–H and O–H groups in total. The van der Waals surface area contributed by atoms with Crippen molar-refractivity contribution in [1.29, 1.82) is 0 Å². The number of amides is 2. The van der Waals surface area contributed by atoms with E-state index in [1.165, 1.54) is 11.8 Å². The number of aliphatic imine (C=N–C) groups is 1. The highest BCUT2D eigenvalue weighted by molar-refractivity contribution is 8.16. The maximum absolute atomic E-state index is 12.9. The summed E-state index contributed by atoms with van der Waals surface area (Å²) in [4.78, 5) is 34.2. The van der Waals surface area contributed by atoms with Gasteiger partial charge in [-0.25, -0.2) is 4.99 Å². The van der Waals surface area contributed by atoms with E-state index in [0.29, 0.717) is 42.6 Å². The highest BCUT2D eigenvalue weighted by atomic mass is 35.5. The fraction of sp³-hybridized carbons (Fsp3) is 0.381. The van der Waals surface area contributed by atoms with Crippen LogP contribution in [-0.2, 0) is 14.3 Å². The first-order chi connectivity index (χ1) is 14.5. The fourth-order valence-electron chi connectivity index (χ4n) is 3.87. The lowest BCUT2D eigenvalue weighted by molar-refractivity contribution is -0.134. The van der Waals surface area contributed by atoms with Gasteiger partial charge in [0.15, 0.2) is 5.17 Å². The molecule has 0 aliphatic carbocycles. The van der Waals surface area contributed by atoms with Gasteiger partial charge in [-0.1, -0.05) is 41.6 Å². The number of fused-ring (bicyclic) bond motifs is 1. The SMILES string of the molecule is CNC(=O)C1=C(C)N=C2SC=C(CC(=O)N3CCOCC3)N2C1c1ccccc1Cl. The Morgan fingerprint density at radius 2 is 2.03 bits per heavy atom. The maximum Gasteiger partial charge on any atom is 0.251 e. The number of allylic oxidation sites excluding steroid dienone is 1. The Morgan fingerprint density at radius 1 is 1.30 bits per heavy atom. The molecule has 9 heteroatoms. The molecule has 0 saturated carbocycles. The highest BCUT2D eigenvalue weighted by Gasteiger charge is 2.41. The third-order valence-electron chi connectivity index (χ3n) is 5.37. The van der Waals surface area contributed by atoms with Crippen LogP contribution in [0.1, 0.15) is 24.9 Å². The van der Waals surface area contributed by atoms with Crippen molar-refractivity contribution in [3.8, 4) is 0 Å². The van der Waals surface area contributed by atoms with E-state index >= 15 is 0 Å². The lowest BCUT2D eigenvalue weighted by Gasteiger charge is -2.37. The fourth-order valence-corrected chi connectivity index (χ4v) is 5.07. The minimum Gasteiger partial charge on any atom is -0.378 e. The lowest BCUT2D eigenvalue weighted by atomic mass is 9.93. The van der Waals surface area contributed by atoms with Crippen molar-refractivity contribution in [2.75, 3.05) is 33.4 Å². The second-order valence-corrected chi connectivity index (χ2v) is 8.41. The quantitative estimate of drug-likeness (QED) is 0.769. The van der Waals surface area contributed by atoms with Gasteiger partial charge >= 0.3 is 0 Å². The zero-order chi connectivity index (χ0) is 21.3. The van der Waals surface area contributed by atoms with Gasteiger partial charge in [0.25, 0.3) is 5.91 Å². The Balaban J connectivity index is 1.71. The highest BCUT2D eigenvalue weighted by Crippen LogP contribution is 2.46. The van der Waals surface area contributed by atoms with Gasteiger partial charge in [-0.05, 0) is 24.0 Å². The summed E-state index contributed by atoms with van der Waals surface area (Å²) < 4.78 is 5.35. The van der Waals surface area contributed by atoms with Gasteiger partial charge in [0.05, 0.1) is 36.9 Å². The van der Waals surface area contributed by atoms with E-state index in [-0.39, 0.29) is 18.2 Å². The van der Waals surface area contributed by atoms with Crippen molar-refractivity contribution in [1.82, 2.24) is 15.1 Å². The minimum atomic E-state index is -0.454. The zero-order valence-corrected chi connectivity index (χ0v) is 18.4. The number of amidine groups is 1. The number of likely N-dealkylation sites (N-methyl/N-ethyl adjacent to an activating group) is 1. The van der Waals surface area contributed by atoms with Gasteiger partial charge in [0.2, 0.25) is 5.91 Å². The van der Waals surface area contributed by atoms with Crippen LogP contribution >= 0.6 is 23.4 Å². The summed E-state index contributed by atoms with van der Waals surface area (Å²) in [6, 6.07) is 7.03. The number of thioether (sulfide) groups is 1. The molecule has 0 spiro atoms. The van der Waals surface area contributed by atoms with Crippen molar-refractivity contribution >= 4 is 40.3 Å². The van der Waals surface area contributed by atoms with Crippen LogP contribution in [0.4, 0.5) is 0 Å². The predicted octanol–water partition coefficient (Wildman–Crippen LogP) is 2.91. The summed E-state index contributed by atoms with van der Waals surface area (Å²) in [6.45, 7) is 4.13. The molecule has 0 aromatic heterocycles. The van der Waals surface area contributed by atoms with Gasteiger partial charge in [-0.3, -0.25) is 9.59 Å². The summed E-state index contributed by atoms with van der Waals surface area (Å²) >= 11 is 8.01. The van der Waals surface area contributed by atoms with E-state index in [4.69, 9.17) is 16.3 Å². The van der Waals surface area contributed by atoms with Crippen LogP contribution in [0.5, 0.6) is 0 Å². The van der Waals surface area contributed by atoms with Crippen molar-refractivity contribution in [2.24, 2.45) is 4.99 Å². The Morgan fingerprint density at radius 3 is 2.73 bits per heavy atom. The number of morpholine rings is 1. The summed E-state index contributed by atoms with van der Waals surface area (Å²) in [5, 5.41) is 5.97. The summed E-state index contributed by atoms with van der Waals surface area (Å²) in [5.74, 6) is -0.173. The van der Waals surface area contributed by atoms with Crippen LogP contribution in [0.2, 0.25) is 5.02 Å². The van der Waals surface area contributed by atoms with E-state index in [1.54, 1.807) is 7.05 Å². The number of carbonyl (C=O) groups excluding carboxylic acids is 2. The number of hydrogen-bond acceptors (Lipinski definition) is 6. The monoisotopic (exact) mass is 446 g/mol. The van der Waals surface area contributed by atoms with Crippen LogP contribution in [0, 0.1) is 0 Å². The first-order valence-corrected chi connectivity index (χ1v) is 11.0. The van der Waals surface area contributed by atoms with Gasteiger partial charge < -0.3 is 19.9 Å². The molecule has 1 fully saturated rings. The average molecular weight is 447 g/mol. The van der Waals surface area contributed by atoms with E-state index in [2.05, 4.69) is 10.3 Å². The summed E-state index contributed by atoms with van der Waals surface area (Å²) in [5.41, 5.74) is 2.79. The molecule has 1 aromatic rings. The molecule has 158 valence electrons. The van der Waals surface area contributed by atoms with Crippen molar-refractivity contribution in [2.45, 2.75) is 19.4 Å². The Kier molecular flexibility index (Phi) is 6.17. The van der Waals surface area contributed by atoms with Crippen LogP contribution in [0.3, 0.4) is 0 Å². The number of nitrogens with zero attached hydrogens (tertiary/aromatic N) is 3. The minimum absolute atomic E-state index is 0.0390. The van der Waals surface area contributed by atoms with Gasteiger partial charge in [-0.2, -0.15) is 0 Å². The Labute approximate surface area is 184 Å². The van der Waals surface area contributed by atoms with Crippen LogP contribution in [0.15, 0.2) is 51.6 Å². The molecule has 3 aliphatic rings. The third-order valence-corrected chi connectivity index (χ3v) is 6.60. The normalized spacial score (nSPS) is 21.2. The van der Waals surface area contributed by atoms with Crippen molar-refractivity contribution in [3.63, 3.8) is 0 Å². The molecule has 1 atom stereocenters. The molecule has 1 unspecified atom stereocenters. The largest absolute Gasteiger partial charge is 0.378 e. The van der Waals surface area contributed by atoms with Crippen molar-refractivity contribution in [3.05, 3.63) is 57.2 Å². The maximum atomic E-state index is 12.9. The van der Waals surface area contributed by atoms with Gasteiger partial charge in [0, 0.05) is 30.9 Å².